The van der Waals surface area contributed by atoms with E-state index in [9.17, 15) is 15.0 Å². The van der Waals surface area contributed by atoms with Gasteiger partial charge in [0.1, 0.15) is 17.9 Å². The summed E-state index contributed by atoms with van der Waals surface area (Å²) in [5.74, 6) is -0.355. The van der Waals surface area contributed by atoms with Crippen LogP contribution in [0.1, 0.15) is 5.56 Å². The first-order chi connectivity index (χ1) is 11.0. The first-order valence-corrected chi connectivity index (χ1v) is 7.32. The summed E-state index contributed by atoms with van der Waals surface area (Å²) in [6, 6.07) is 11.7. The number of aromatic hydroxyl groups is 1. The second-order valence-corrected chi connectivity index (χ2v) is 5.78. The molecule has 0 spiro atoms. The van der Waals surface area contributed by atoms with Crippen LogP contribution in [-0.2, 0) is 6.54 Å². The lowest BCUT2D eigenvalue weighted by Crippen LogP contribution is -3.04. The third kappa shape index (κ3) is 2.66. The van der Waals surface area contributed by atoms with Gasteiger partial charge in [-0.3, -0.25) is 0 Å². The molecule has 0 fully saturated rings. The summed E-state index contributed by atoms with van der Waals surface area (Å²) in [6.45, 7) is 0.441. The lowest BCUT2D eigenvalue weighted by atomic mass is 10.0. The average molecular weight is 311 g/mol. The summed E-state index contributed by atoms with van der Waals surface area (Å²) >= 11 is 0. The maximum atomic E-state index is 12.8. The molecule has 5 nitrogen and oxygen atoms in total. The fourth-order valence-corrected chi connectivity index (χ4v) is 2.66. The number of phenols is 1. The molecule has 3 rings (SSSR count). The van der Waals surface area contributed by atoms with E-state index in [0.29, 0.717) is 23.1 Å². The number of fused-ring (bicyclic) bond motifs is 1. The van der Waals surface area contributed by atoms with E-state index < -0.39 is 5.63 Å². The number of phenolic OH excluding ortho intramolecular Hbond substituents is 1. The highest BCUT2D eigenvalue weighted by molar-refractivity contribution is 5.92. The number of hydrogen-bond acceptors (Lipinski definition) is 4. The zero-order valence-corrected chi connectivity index (χ0v) is 12.9. The Labute approximate surface area is 133 Å². The van der Waals surface area contributed by atoms with Crippen molar-refractivity contribution in [2.24, 2.45) is 0 Å². The van der Waals surface area contributed by atoms with E-state index in [0.717, 1.165) is 4.90 Å². The maximum Gasteiger partial charge on any atom is 0.343 e. The van der Waals surface area contributed by atoms with Gasteiger partial charge in [-0.2, -0.15) is 0 Å². The van der Waals surface area contributed by atoms with Crippen molar-refractivity contribution >= 4 is 11.0 Å². The largest absolute Gasteiger partial charge is 0.871 e. The summed E-state index contributed by atoms with van der Waals surface area (Å²) in [7, 11) is 3.82. The number of nitrogens with one attached hydrogen (secondary N) is 1. The zero-order valence-electron chi connectivity index (χ0n) is 12.9. The molecule has 0 bridgehead atoms. The third-order valence-electron chi connectivity index (χ3n) is 3.70. The topological polar surface area (TPSA) is 77.9 Å². The van der Waals surface area contributed by atoms with Crippen molar-refractivity contribution in [2.75, 3.05) is 14.1 Å². The first kappa shape index (κ1) is 15.1. The molecule has 0 aliphatic carbocycles. The van der Waals surface area contributed by atoms with Gasteiger partial charge in [0.15, 0.2) is 0 Å². The number of hydrogen-bond donors (Lipinski definition) is 2. The number of quaternary nitrogens is 1. The van der Waals surface area contributed by atoms with Gasteiger partial charge in [-0.15, -0.1) is 0 Å². The molecular weight excluding hydrogens is 294 g/mol. The predicted octanol–water partition coefficient (Wildman–Crippen LogP) is 0.884. The molecule has 1 heterocycles. The van der Waals surface area contributed by atoms with Crippen molar-refractivity contribution in [2.45, 2.75) is 6.54 Å². The Hall–Kier alpha value is -2.79. The molecule has 118 valence electrons. The van der Waals surface area contributed by atoms with E-state index in [1.807, 2.05) is 20.2 Å². The van der Waals surface area contributed by atoms with Crippen LogP contribution in [0.4, 0.5) is 0 Å². The van der Waals surface area contributed by atoms with Crippen molar-refractivity contribution in [1.29, 1.82) is 0 Å². The Kier molecular flexibility index (Phi) is 3.80. The van der Waals surface area contributed by atoms with E-state index in [1.165, 1.54) is 12.1 Å². The summed E-state index contributed by atoms with van der Waals surface area (Å²) in [5, 5.41) is 23.1. The minimum Gasteiger partial charge on any atom is -0.871 e. The standard InChI is InChI=1S/C18H17NO4/c1-19(2)10-13-14(20)9-8-12-16(21)15(18(22)23-17(12)13)11-6-4-3-5-7-11/h3-9,20-21H,10H2,1-2H3. The number of rotatable bonds is 3. The molecule has 0 atom stereocenters. The van der Waals surface area contributed by atoms with Gasteiger partial charge in [0.05, 0.1) is 25.2 Å². The van der Waals surface area contributed by atoms with Gasteiger partial charge >= 0.3 is 5.63 Å². The second kappa shape index (κ2) is 5.78. The molecule has 5 heteroatoms. The molecule has 23 heavy (non-hydrogen) atoms. The second-order valence-electron chi connectivity index (χ2n) is 5.78. The molecule has 0 saturated carbocycles. The molecule has 0 radical (unpaired) electrons. The van der Waals surface area contributed by atoms with Gasteiger partial charge < -0.3 is 19.5 Å². The molecule has 0 aliphatic rings. The van der Waals surface area contributed by atoms with Gasteiger partial charge in [0.25, 0.3) is 0 Å². The molecule has 3 aromatic rings. The lowest BCUT2D eigenvalue weighted by molar-refractivity contribution is -0.872. The smallest absolute Gasteiger partial charge is 0.343 e. The van der Waals surface area contributed by atoms with Crippen molar-refractivity contribution < 1.29 is 19.5 Å². The summed E-state index contributed by atoms with van der Waals surface area (Å²) in [6.07, 6.45) is 0. The van der Waals surface area contributed by atoms with Gasteiger partial charge in [-0.05, 0) is 17.7 Å². The van der Waals surface area contributed by atoms with E-state index in [4.69, 9.17) is 4.42 Å². The minimum absolute atomic E-state index is 0.0203. The molecular formula is C18H17NO4. The third-order valence-corrected chi connectivity index (χ3v) is 3.70. The van der Waals surface area contributed by atoms with E-state index >= 15 is 0 Å². The molecule has 2 aromatic carbocycles. The maximum absolute atomic E-state index is 12.8. The van der Waals surface area contributed by atoms with Crippen LogP contribution < -0.4 is 15.6 Å². The van der Waals surface area contributed by atoms with Crippen molar-refractivity contribution in [1.82, 2.24) is 0 Å². The van der Waals surface area contributed by atoms with Crippen LogP contribution >= 0.6 is 0 Å². The Morgan fingerprint density at radius 2 is 1.83 bits per heavy atom. The normalized spacial score (nSPS) is 11.3. The van der Waals surface area contributed by atoms with Crippen LogP contribution in [0.3, 0.4) is 0 Å². The quantitative estimate of drug-likeness (QED) is 0.704. The zero-order chi connectivity index (χ0) is 16.6. The van der Waals surface area contributed by atoms with Crippen LogP contribution in [0.2, 0.25) is 0 Å². The van der Waals surface area contributed by atoms with Gasteiger partial charge in [-0.1, -0.05) is 36.1 Å². The minimum atomic E-state index is -0.686. The molecule has 2 N–H and O–H groups in total. The fourth-order valence-electron chi connectivity index (χ4n) is 2.66. The van der Waals surface area contributed by atoms with E-state index in [2.05, 4.69) is 0 Å². The summed E-state index contributed by atoms with van der Waals surface area (Å²) in [4.78, 5) is 13.4. The molecule has 0 unspecified atom stereocenters. The van der Waals surface area contributed by atoms with Gasteiger partial charge in [-0.25, -0.2) is 4.79 Å². The van der Waals surface area contributed by atoms with Crippen molar-refractivity contribution in [3.05, 3.63) is 58.4 Å². The fraction of sp³-hybridized carbons (Fsp3) is 0.167. The van der Waals surface area contributed by atoms with E-state index in [1.54, 1.807) is 24.3 Å². The van der Waals surface area contributed by atoms with Crippen molar-refractivity contribution in [3.63, 3.8) is 0 Å². The number of benzene rings is 2. The molecule has 0 amide bonds. The highest BCUT2D eigenvalue weighted by Gasteiger charge is 2.17. The average Bonchev–Trinajstić information content (AvgIpc) is 2.51. The van der Waals surface area contributed by atoms with Crippen LogP contribution in [0.5, 0.6) is 11.5 Å². The molecule has 0 aliphatic heterocycles. The summed E-state index contributed by atoms with van der Waals surface area (Å²) in [5.41, 5.74) is 0.499. The Morgan fingerprint density at radius 1 is 1.13 bits per heavy atom. The summed E-state index contributed by atoms with van der Waals surface area (Å²) < 4.78 is 5.41. The molecule has 1 aromatic heterocycles. The highest BCUT2D eigenvalue weighted by atomic mass is 16.4. The Balaban J connectivity index is 2.33. The van der Waals surface area contributed by atoms with E-state index in [-0.39, 0.29) is 22.6 Å². The first-order valence-electron chi connectivity index (χ1n) is 7.32. The van der Waals surface area contributed by atoms with Crippen LogP contribution in [0.25, 0.3) is 22.1 Å². The predicted molar refractivity (Wildman–Crippen MR) is 85.5 cm³/mol. The van der Waals surface area contributed by atoms with Crippen LogP contribution in [-0.4, -0.2) is 19.2 Å². The van der Waals surface area contributed by atoms with Crippen LogP contribution in [0, 0.1) is 0 Å². The van der Waals surface area contributed by atoms with Crippen LogP contribution in [0.15, 0.2) is 51.7 Å². The Bertz CT molecular complexity index is 914. The van der Waals surface area contributed by atoms with Crippen molar-refractivity contribution in [3.8, 4) is 22.6 Å². The van der Waals surface area contributed by atoms with Gasteiger partial charge in [0, 0.05) is 5.39 Å². The SMILES string of the molecule is C[NH+](C)Cc1c(O)ccc2c([O-])c(-c3ccccc3)c(=O)oc12. The monoisotopic (exact) mass is 311 g/mol. The van der Waals surface area contributed by atoms with Gasteiger partial charge in [0.2, 0.25) is 0 Å². The lowest BCUT2D eigenvalue weighted by Gasteiger charge is -2.18. The Morgan fingerprint density at radius 3 is 2.48 bits per heavy atom. The molecule has 0 saturated heterocycles. The highest BCUT2D eigenvalue weighted by Crippen LogP contribution is 2.34.